The van der Waals surface area contributed by atoms with E-state index >= 15 is 0 Å². The molecule has 0 spiro atoms. The number of hydrogen-bond donors (Lipinski definition) is 1. The number of carboxylic acid groups (broad SMARTS) is 2. The first-order valence-electron chi connectivity index (χ1n) is 6.37. The summed E-state index contributed by atoms with van der Waals surface area (Å²) in [6.45, 7) is -1.25. The maximum Gasteiger partial charge on any atom is 1.00 e. The van der Waals surface area contributed by atoms with Gasteiger partial charge in [0.2, 0.25) is 5.91 Å². The Hall–Kier alpha value is 0.760. The number of carbonyl (C=O) groups excluding carboxylic acids is 3. The largest absolute Gasteiger partial charge is 1.00 e. The first kappa shape index (κ1) is 17.8. The van der Waals surface area contributed by atoms with Gasteiger partial charge in [0.25, 0.3) is 0 Å². The normalized spacial score (nSPS) is 15.3. The van der Waals surface area contributed by atoms with Crippen molar-refractivity contribution in [3.8, 4) is 0 Å². The molecule has 98 valence electrons. The van der Waals surface area contributed by atoms with Gasteiger partial charge in [0.1, 0.15) is 0 Å². The van der Waals surface area contributed by atoms with Crippen molar-refractivity contribution in [1.29, 1.82) is 0 Å². The Morgan fingerprint density at radius 1 is 1.32 bits per heavy atom. The van der Waals surface area contributed by atoms with Crippen molar-refractivity contribution in [3.63, 3.8) is 0 Å². The SMILES string of the molecule is [2H]C([2H])([2H])C(=O)N[C@@H](CSC(C)CCC(=O)[O-])C(=O)[O-].[Na+].[Na+]. The van der Waals surface area contributed by atoms with Crippen LogP contribution < -0.4 is 74.6 Å². The van der Waals surface area contributed by atoms with Crippen molar-refractivity contribution in [1.82, 2.24) is 5.32 Å². The van der Waals surface area contributed by atoms with E-state index in [1.807, 2.05) is 5.32 Å². The standard InChI is InChI=1S/C10H17NO5S.2Na/c1-6(3-4-9(13)14)17-5-8(10(15)16)11-7(2)12;;/h6,8H,3-5H2,1-2H3,(H,11,12)(H,13,14)(H,15,16);;/q;2*+1/p-2/t6?,8-;;/m0../s1/i2D3;;. The molecule has 1 amide bonds. The van der Waals surface area contributed by atoms with E-state index in [4.69, 9.17) is 4.11 Å². The van der Waals surface area contributed by atoms with Gasteiger partial charge in [-0.05, 0) is 12.8 Å². The molecule has 0 rings (SSSR count). The molecule has 1 unspecified atom stereocenters. The van der Waals surface area contributed by atoms with Crippen LogP contribution in [0.4, 0.5) is 0 Å². The molecule has 9 heteroatoms. The van der Waals surface area contributed by atoms with Crippen LogP contribution in [0.25, 0.3) is 0 Å². The molecule has 0 heterocycles. The molecule has 0 fully saturated rings. The van der Waals surface area contributed by atoms with Crippen LogP contribution in [-0.4, -0.2) is 34.9 Å². The van der Waals surface area contributed by atoms with Crippen LogP contribution >= 0.6 is 11.8 Å². The number of carbonyl (C=O) groups is 3. The molecule has 0 saturated heterocycles. The Balaban J connectivity index is -0.00000180. The Labute approximate surface area is 165 Å². The van der Waals surface area contributed by atoms with Crippen molar-refractivity contribution < 1.29 is 87.8 Å². The molecule has 6 nitrogen and oxygen atoms in total. The summed E-state index contributed by atoms with van der Waals surface area (Å²) in [5, 5.41) is 22.8. The molecule has 0 aromatic rings. The zero-order valence-electron chi connectivity index (χ0n) is 14.2. The maximum atomic E-state index is 11.2. The number of carboxylic acids is 2. The van der Waals surface area contributed by atoms with E-state index in [-0.39, 0.29) is 83.0 Å². The molecule has 0 bridgehead atoms. The van der Waals surface area contributed by atoms with Crippen LogP contribution in [0.1, 0.15) is 30.7 Å². The second-order valence-electron chi connectivity index (χ2n) is 3.40. The molecule has 2 atom stereocenters. The molecule has 0 aromatic heterocycles. The minimum atomic E-state index is -2.93. The molecule has 19 heavy (non-hydrogen) atoms. The minimum Gasteiger partial charge on any atom is -0.550 e. The van der Waals surface area contributed by atoms with E-state index in [0.717, 1.165) is 11.8 Å². The third kappa shape index (κ3) is 15.0. The summed E-state index contributed by atoms with van der Waals surface area (Å²) >= 11 is 1.10. The molecular weight excluding hydrogens is 292 g/mol. The molecule has 0 aromatic carbocycles. The van der Waals surface area contributed by atoms with Crippen molar-refractivity contribution in [2.75, 3.05) is 5.75 Å². The van der Waals surface area contributed by atoms with E-state index in [1.54, 1.807) is 6.92 Å². The molecule has 0 radical (unpaired) electrons. The van der Waals surface area contributed by atoms with E-state index in [1.165, 1.54) is 0 Å². The zero-order valence-corrected chi connectivity index (χ0v) is 16.0. The van der Waals surface area contributed by atoms with Gasteiger partial charge in [0.15, 0.2) is 0 Å². The zero-order chi connectivity index (χ0) is 15.9. The average Bonchev–Trinajstić information content (AvgIpc) is 2.29. The van der Waals surface area contributed by atoms with Crippen LogP contribution in [0.5, 0.6) is 0 Å². The summed E-state index contributed by atoms with van der Waals surface area (Å²) in [7, 11) is 0. The summed E-state index contributed by atoms with van der Waals surface area (Å²) in [4.78, 5) is 32.3. The van der Waals surface area contributed by atoms with Gasteiger partial charge in [-0.2, -0.15) is 11.8 Å². The predicted octanol–water partition coefficient (Wildman–Crippen LogP) is -8.10. The van der Waals surface area contributed by atoms with Crippen LogP contribution in [0.2, 0.25) is 0 Å². The Morgan fingerprint density at radius 2 is 1.89 bits per heavy atom. The quantitative estimate of drug-likeness (QED) is 0.446. The molecule has 1 N–H and O–H groups in total. The van der Waals surface area contributed by atoms with Crippen LogP contribution in [0.3, 0.4) is 0 Å². The Bertz CT molecular complexity index is 384. The molecule has 0 aliphatic heterocycles. The second-order valence-corrected chi connectivity index (χ2v) is 4.87. The van der Waals surface area contributed by atoms with Gasteiger partial charge in [0, 0.05) is 27.9 Å². The summed E-state index contributed by atoms with van der Waals surface area (Å²) in [5.41, 5.74) is 0. The van der Waals surface area contributed by atoms with Crippen LogP contribution in [-0.2, 0) is 14.4 Å². The first-order chi connectivity index (χ1) is 9.04. The van der Waals surface area contributed by atoms with Gasteiger partial charge in [-0.15, -0.1) is 0 Å². The topological polar surface area (TPSA) is 109 Å². The fourth-order valence-corrected chi connectivity index (χ4v) is 2.02. The maximum absolute atomic E-state index is 11.2. The number of hydrogen-bond acceptors (Lipinski definition) is 6. The third-order valence-electron chi connectivity index (χ3n) is 1.89. The van der Waals surface area contributed by atoms with Crippen LogP contribution in [0, 0.1) is 0 Å². The summed E-state index contributed by atoms with van der Waals surface area (Å²) in [5.74, 6) is -4.28. The predicted molar refractivity (Wildman–Crippen MR) is 58.8 cm³/mol. The van der Waals surface area contributed by atoms with Gasteiger partial charge in [0.05, 0.1) is 12.0 Å². The minimum absolute atomic E-state index is 0. The van der Waals surface area contributed by atoms with E-state index < -0.39 is 30.7 Å². The summed E-state index contributed by atoms with van der Waals surface area (Å²) in [6, 6.07) is -1.45. The van der Waals surface area contributed by atoms with Crippen molar-refractivity contribution in [2.24, 2.45) is 0 Å². The van der Waals surface area contributed by atoms with Gasteiger partial charge >= 0.3 is 59.1 Å². The smallest absolute Gasteiger partial charge is 0.550 e. The number of thioether (sulfide) groups is 1. The second kappa shape index (κ2) is 13.7. The molecule has 0 aliphatic carbocycles. The van der Waals surface area contributed by atoms with E-state index in [2.05, 4.69) is 0 Å². The molecule has 0 saturated carbocycles. The van der Waals surface area contributed by atoms with Crippen LogP contribution in [0.15, 0.2) is 0 Å². The average molecular weight is 310 g/mol. The van der Waals surface area contributed by atoms with Gasteiger partial charge < -0.3 is 25.1 Å². The Morgan fingerprint density at radius 3 is 2.32 bits per heavy atom. The van der Waals surface area contributed by atoms with Gasteiger partial charge in [-0.25, -0.2) is 0 Å². The van der Waals surface area contributed by atoms with Crippen molar-refractivity contribution in [2.45, 2.75) is 37.9 Å². The number of nitrogens with one attached hydrogen (secondary N) is 1. The summed E-state index contributed by atoms with van der Waals surface area (Å²) < 4.78 is 20.5. The summed E-state index contributed by atoms with van der Waals surface area (Å²) in [6.07, 6.45) is 0.117. The number of rotatable bonds is 8. The fourth-order valence-electron chi connectivity index (χ4n) is 0.992. The van der Waals surface area contributed by atoms with Crippen molar-refractivity contribution in [3.05, 3.63) is 0 Å². The molecule has 0 aliphatic rings. The number of aliphatic carboxylic acids is 2. The van der Waals surface area contributed by atoms with E-state index in [0.29, 0.717) is 0 Å². The monoisotopic (exact) mass is 310 g/mol. The van der Waals surface area contributed by atoms with Gasteiger partial charge in [-0.3, -0.25) is 4.79 Å². The third-order valence-corrected chi connectivity index (χ3v) is 3.22. The number of amides is 1. The fraction of sp³-hybridized carbons (Fsp3) is 0.700. The van der Waals surface area contributed by atoms with E-state index in [9.17, 15) is 24.6 Å². The van der Waals surface area contributed by atoms with Crippen molar-refractivity contribution >= 4 is 29.6 Å². The van der Waals surface area contributed by atoms with Gasteiger partial charge in [-0.1, -0.05) is 6.92 Å². The molecular formula is C10H15NNa2O5S. The first-order valence-corrected chi connectivity index (χ1v) is 5.92. The Kier molecular flexibility index (Phi) is 12.9.